The van der Waals surface area contributed by atoms with Gasteiger partial charge in [-0.1, -0.05) is 61.9 Å². The Bertz CT molecular complexity index is 1050. The van der Waals surface area contributed by atoms with Gasteiger partial charge in [-0.25, -0.2) is 9.59 Å². The summed E-state index contributed by atoms with van der Waals surface area (Å²) in [5, 5.41) is 11.1. The maximum Gasteiger partial charge on any atom is 0.337 e. The minimum absolute atomic E-state index is 0.0413. The number of hydrogen-bond acceptors (Lipinski definition) is 4. The lowest BCUT2D eigenvalue weighted by Gasteiger charge is -2.12. The van der Waals surface area contributed by atoms with Crippen molar-refractivity contribution in [1.82, 2.24) is 0 Å². The third-order valence-corrected chi connectivity index (χ3v) is 4.62. The van der Waals surface area contributed by atoms with Crippen LogP contribution in [0.25, 0.3) is 16.8 Å². The van der Waals surface area contributed by atoms with Gasteiger partial charge in [0.05, 0.1) is 17.7 Å². The summed E-state index contributed by atoms with van der Waals surface area (Å²) < 4.78 is 11.4. The lowest BCUT2D eigenvalue weighted by molar-refractivity contribution is -0.139. The smallest absolute Gasteiger partial charge is 0.337 e. The number of fused-ring (bicyclic) bond motifs is 1. The van der Waals surface area contributed by atoms with Crippen LogP contribution < -0.4 is 4.74 Å². The maximum atomic E-state index is 12.6. The summed E-state index contributed by atoms with van der Waals surface area (Å²) >= 11 is 0. The Labute approximate surface area is 175 Å². The molecule has 0 bridgehead atoms. The Hall–Kier alpha value is -3.60. The molecule has 0 heterocycles. The first kappa shape index (κ1) is 21.1. The largest absolute Gasteiger partial charge is 0.488 e. The summed E-state index contributed by atoms with van der Waals surface area (Å²) in [6.45, 7) is 2.41. The summed E-state index contributed by atoms with van der Waals surface area (Å²) in [5.41, 5.74) is 1.25. The molecule has 5 nitrogen and oxygen atoms in total. The number of aromatic carboxylic acids is 1. The Morgan fingerprint density at radius 3 is 2.43 bits per heavy atom. The van der Waals surface area contributed by atoms with Crippen LogP contribution in [0.3, 0.4) is 0 Å². The number of ether oxygens (including phenoxy) is 2. The third-order valence-electron chi connectivity index (χ3n) is 4.62. The van der Waals surface area contributed by atoms with Gasteiger partial charge in [-0.05, 0) is 41.6 Å². The van der Waals surface area contributed by atoms with Crippen LogP contribution in [0.5, 0.6) is 5.75 Å². The molecular formula is C25H24O5. The van der Waals surface area contributed by atoms with Gasteiger partial charge in [-0.3, -0.25) is 0 Å². The number of rotatable bonds is 9. The molecule has 0 amide bonds. The highest BCUT2D eigenvalue weighted by atomic mass is 16.5. The predicted molar refractivity (Wildman–Crippen MR) is 117 cm³/mol. The SMILES string of the molecule is CCCCOC(=O)C(=Cc1ccc(C(=O)O)cc1)COc1cccc2ccccc12. The lowest BCUT2D eigenvalue weighted by atomic mass is 10.1. The predicted octanol–water partition coefficient (Wildman–Crippen LogP) is 5.34. The molecule has 3 aromatic carbocycles. The van der Waals surface area contributed by atoms with Crippen molar-refractivity contribution in [3.8, 4) is 5.75 Å². The summed E-state index contributed by atoms with van der Waals surface area (Å²) in [4.78, 5) is 23.7. The van der Waals surface area contributed by atoms with Crippen LogP contribution in [0.15, 0.2) is 72.3 Å². The molecule has 30 heavy (non-hydrogen) atoms. The topological polar surface area (TPSA) is 72.8 Å². The van der Waals surface area contributed by atoms with Crippen molar-refractivity contribution >= 4 is 28.8 Å². The molecule has 154 valence electrons. The third kappa shape index (κ3) is 5.47. The van der Waals surface area contributed by atoms with E-state index in [1.807, 2.05) is 49.4 Å². The van der Waals surface area contributed by atoms with Crippen LogP contribution >= 0.6 is 0 Å². The van der Waals surface area contributed by atoms with Crippen LogP contribution in [0.2, 0.25) is 0 Å². The van der Waals surface area contributed by atoms with Crippen molar-refractivity contribution in [2.75, 3.05) is 13.2 Å². The number of carbonyl (C=O) groups excluding carboxylic acids is 1. The van der Waals surface area contributed by atoms with E-state index in [-0.39, 0.29) is 12.2 Å². The van der Waals surface area contributed by atoms with Gasteiger partial charge in [0.2, 0.25) is 0 Å². The second kappa shape index (κ2) is 10.3. The molecule has 0 unspecified atom stereocenters. The van der Waals surface area contributed by atoms with E-state index in [1.54, 1.807) is 18.2 Å². The van der Waals surface area contributed by atoms with Crippen molar-refractivity contribution in [3.05, 3.63) is 83.4 Å². The fourth-order valence-corrected chi connectivity index (χ4v) is 2.96. The summed E-state index contributed by atoms with van der Waals surface area (Å²) in [7, 11) is 0. The molecule has 5 heteroatoms. The van der Waals surface area contributed by atoms with E-state index in [9.17, 15) is 9.59 Å². The van der Waals surface area contributed by atoms with Crippen LogP contribution in [0.1, 0.15) is 35.7 Å². The van der Waals surface area contributed by atoms with E-state index in [1.165, 1.54) is 12.1 Å². The molecule has 0 aliphatic carbocycles. The Balaban J connectivity index is 1.83. The highest BCUT2D eigenvalue weighted by Crippen LogP contribution is 2.26. The fraction of sp³-hybridized carbons (Fsp3) is 0.200. The molecule has 0 radical (unpaired) electrons. The number of hydrogen-bond donors (Lipinski definition) is 1. The zero-order valence-electron chi connectivity index (χ0n) is 16.8. The van der Waals surface area contributed by atoms with Gasteiger partial charge in [-0.15, -0.1) is 0 Å². The molecule has 3 rings (SSSR count). The fourth-order valence-electron chi connectivity index (χ4n) is 2.96. The molecular weight excluding hydrogens is 380 g/mol. The van der Waals surface area contributed by atoms with Crippen molar-refractivity contribution in [2.45, 2.75) is 19.8 Å². The lowest BCUT2D eigenvalue weighted by Crippen LogP contribution is -2.15. The zero-order chi connectivity index (χ0) is 21.3. The molecule has 0 aliphatic heterocycles. The average molecular weight is 404 g/mol. The maximum absolute atomic E-state index is 12.6. The summed E-state index contributed by atoms with van der Waals surface area (Å²) in [5.74, 6) is -0.753. The van der Waals surface area contributed by atoms with Gasteiger partial charge >= 0.3 is 11.9 Å². The second-order valence-electron chi connectivity index (χ2n) is 6.85. The molecule has 0 fully saturated rings. The van der Waals surface area contributed by atoms with E-state index in [2.05, 4.69) is 0 Å². The molecule has 0 saturated heterocycles. The molecule has 0 aromatic heterocycles. The highest BCUT2D eigenvalue weighted by Gasteiger charge is 2.14. The minimum atomic E-state index is -0.996. The molecule has 0 saturated carbocycles. The van der Waals surface area contributed by atoms with E-state index >= 15 is 0 Å². The molecule has 3 aromatic rings. The number of carbonyl (C=O) groups is 2. The van der Waals surface area contributed by atoms with E-state index in [0.29, 0.717) is 23.5 Å². The summed E-state index contributed by atoms with van der Waals surface area (Å²) in [6, 6.07) is 20.0. The Morgan fingerprint density at radius 1 is 0.967 bits per heavy atom. The van der Waals surface area contributed by atoms with Gasteiger partial charge in [0.25, 0.3) is 0 Å². The molecule has 0 spiro atoms. The van der Waals surface area contributed by atoms with Gasteiger partial charge < -0.3 is 14.6 Å². The molecule has 1 N–H and O–H groups in total. The quantitative estimate of drug-likeness (QED) is 0.296. The highest BCUT2D eigenvalue weighted by molar-refractivity contribution is 5.95. The van der Waals surface area contributed by atoms with Gasteiger partial charge in [0.15, 0.2) is 0 Å². The van der Waals surface area contributed by atoms with Gasteiger partial charge in [0.1, 0.15) is 12.4 Å². The monoisotopic (exact) mass is 404 g/mol. The van der Waals surface area contributed by atoms with Crippen molar-refractivity contribution < 1.29 is 24.2 Å². The number of esters is 1. The normalized spacial score (nSPS) is 11.3. The molecule has 0 aliphatic rings. The van der Waals surface area contributed by atoms with Gasteiger partial charge in [-0.2, -0.15) is 0 Å². The van der Waals surface area contributed by atoms with E-state index in [0.717, 1.165) is 23.6 Å². The zero-order valence-corrected chi connectivity index (χ0v) is 16.8. The first-order valence-electron chi connectivity index (χ1n) is 9.90. The van der Waals surface area contributed by atoms with Gasteiger partial charge in [0, 0.05) is 5.39 Å². The van der Waals surface area contributed by atoms with Crippen molar-refractivity contribution in [1.29, 1.82) is 0 Å². The Morgan fingerprint density at radius 2 is 1.70 bits per heavy atom. The first-order valence-corrected chi connectivity index (χ1v) is 9.90. The van der Waals surface area contributed by atoms with E-state index < -0.39 is 11.9 Å². The second-order valence-corrected chi connectivity index (χ2v) is 6.85. The Kier molecular flexibility index (Phi) is 7.22. The van der Waals surface area contributed by atoms with Crippen molar-refractivity contribution in [2.24, 2.45) is 0 Å². The number of benzene rings is 3. The number of unbranched alkanes of at least 4 members (excludes halogenated alkanes) is 1. The first-order chi connectivity index (χ1) is 14.6. The van der Waals surface area contributed by atoms with Crippen molar-refractivity contribution in [3.63, 3.8) is 0 Å². The van der Waals surface area contributed by atoms with E-state index in [4.69, 9.17) is 14.6 Å². The van der Waals surface area contributed by atoms with Crippen LogP contribution in [-0.4, -0.2) is 30.3 Å². The van der Waals surface area contributed by atoms with Crippen LogP contribution in [0.4, 0.5) is 0 Å². The standard InChI is InChI=1S/C25H24O5/c1-2-3-15-29-25(28)21(16-18-11-13-20(14-12-18)24(26)27)17-30-23-10-6-8-19-7-4-5-9-22(19)23/h4-14,16H,2-3,15,17H2,1H3,(H,26,27). The summed E-state index contributed by atoms with van der Waals surface area (Å²) in [6.07, 6.45) is 3.39. The molecule has 0 atom stereocenters. The number of carboxylic acids is 1. The number of carboxylic acid groups (broad SMARTS) is 1. The average Bonchev–Trinajstić information content (AvgIpc) is 2.77. The minimum Gasteiger partial charge on any atom is -0.488 e. The van der Waals surface area contributed by atoms with Crippen LogP contribution in [-0.2, 0) is 9.53 Å². The van der Waals surface area contributed by atoms with Crippen LogP contribution in [0, 0.1) is 0 Å².